The maximum absolute atomic E-state index is 4.88. The van der Waals surface area contributed by atoms with Crippen LogP contribution in [0.1, 0.15) is 65.0 Å². The van der Waals surface area contributed by atoms with E-state index >= 15 is 0 Å². The summed E-state index contributed by atoms with van der Waals surface area (Å²) in [5.74, 6) is 2.01. The van der Waals surface area contributed by atoms with Crippen molar-refractivity contribution in [1.29, 1.82) is 0 Å². The molecule has 1 aromatic heterocycles. The molecular formula is C15H25N3. The third-order valence-corrected chi connectivity index (χ3v) is 3.28. The second kappa shape index (κ2) is 4.22. The molecule has 0 fully saturated rings. The fourth-order valence-corrected chi connectivity index (χ4v) is 2.29. The molecule has 0 radical (unpaired) electrons. The third-order valence-electron chi connectivity index (χ3n) is 3.28. The first-order chi connectivity index (χ1) is 8.19. The highest BCUT2D eigenvalue weighted by molar-refractivity contribution is 5.50. The van der Waals surface area contributed by atoms with Crippen molar-refractivity contribution < 1.29 is 0 Å². The van der Waals surface area contributed by atoms with Crippen LogP contribution in [0.25, 0.3) is 0 Å². The Morgan fingerprint density at radius 2 is 1.61 bits per heavy atom. The molecule has 0 bridgehead atoms. The van der Waals surface area contributed by atoms with Crippen LogP contribution in [0.5, 0.6) is 0 Å². The number of nitrogens with one attached hydrogen (secondary N) is 1. The summed E-state index contributed by atoms with van der Waals surface area (Å²) in [6.45, 7) is 14.2. The molecular weight excluding hydrogens is 222 g/mol. The van der Waals surface area contributed by atoms with Crippen molar-refractivity contribution in [2.45, 2.75) is 65.2 Å². The monoisotopic (exact) mass is 247 g/mol. The molecule has 0 saturated heterocycles. The lowest BCUT2D eigenvalue weighted by atomic mass is 9.85. The van der Waals surface area contributed by atoms with Crippen molar-refractivity contribution in [3.8, 4) is 0 Å². The molecule has 1 aliphatic rings. The maximum atomic E-state index is 4.88. The first kappa shape index (κ1) is 13.3. The Hall–Kier alpha value is -1.12. The summed E-state index contributed by atoms with van der Waals surface area (Å²) in [7, 11) is 0. The van der Waals surface area contributed by atoms with Gasteiger partial charge in [0.05, 0.1) is 5.69 Å². The maximum Gasteiger partial charge on any atom is 0.136 e. The molecule has 1 N–H and O–H groups in total. The molecule has 0 saturated carbocycles. The summed E-state index contributed by atoms with van der Waals surface area (Å²) >= 11 is 0. The number of rotatable bonds is 0. The third kappa shape index (κ3) is 2.50. The van der Waals surface area contributed by atoms with Crippen molar-refractivity contribution in [3.63, 3.8) is 0 Å². The molecule has 18 heavy (non-hydrogen) atoms. The number of aromatic nitrogens is 2. The first-order valence-corrected chi connectivity index (χ1v) is 6.85. The van der Waals surface area contributed by atoms with Gasteiger partial charge in [0.25, 0.3) is 0 Å². The fourth-order valence-electron chi connectivity index (χ4n) is 2.29. The molecule has 2 rings (SSSR count). The number of fused-ring (bicyclic) bond motifs is 1. The van der Waals surface area contributed by atoms with Gasteiger partial charge >= 0.3 is 0 Å². The minimum absolute atomic E-state index is 0.00580. The SMILES string of the molecule is CC(C)(C)c1nc2c(c(C(C)(C)C)n1)CCCN2. The summed E-state index contributed by atoms with van der Waals surface area (Å²) in [5, 5.41) is 3.44. The number of hydrogen-bond acceptors (Lipinski definition) is 3. The lowest BCUT2D eigenvalue weighted by Gasteiger charge is -2.29. The molecule has 100 valence electrons. The second-order valence-corrected chi connectivity index (χ2v) is 7.25. The average molecular weight is 247 g/mol. The van der Waals surface area contributed by atoms with Crippen molar-refractivity contribution >= 4 is 5.82 Å². The predicted octanol–water partition coefficient (Wildman–Crippen LogP) is 3.43. The normalized spacial score (nSPS) is 16.1. The molecule has 3 heteroatoms. The Balaban J connectivity index is 2.63. The largest absolute Gasteiger partial charge is 0.370 e. The predicted molar refractivity (Wildman–Crippen MR) is 76.2 cm³/mol. The lowest BCUT2D eigenvalue weighted by molar-refractivity contribution is 0.506. The molecule has 0 amide bonds. The minimum Gasteiger partial charge on any atom is -0.370 e. The Morgan fingerprint density at radius 3 is 2.17 bits per heavy atom. The summed E-state index contributed by atoms with van der Waals surface area (Å²) in [6, 6.07) is 0. The van der Waals surface area contributed by atoms with Crippen LogP contribution in [0.15, 0.2) is 0 Å². The van der Waals surface area contributed by atoms with Crippen LogP contribution in [0, 0.1) is 0 Å². The molecule has 3 nitrogen and oxygen atoms in total. The molecule has 0 atom stereocenters. The van der Waals surface area contributed by atoms with Crippen LogP contribution in [0.2, 0.25) is 0 Å². The van der Waals surface area contributed by atoms with Crippen molar-refractivity contribution in [2.75, 3.05) is 11.9 Å². The number of nitrogens with zero attached hydrogens (tertiary/aromatic N) is 2. The van der Waals surface area contributed by atoms with Crippen LogP contribution < -0.4 is 5.32 Å². The smallest absolute Gasteiger partial charge is 0.136 e. The Kier molecular flexibility index (Phi) is 3.12. The van der Waals surface area contributed by atoms with Crippen molar-refractivity contribution in [2.24, 2.45) is 0 Å². The van der Waals surface area contributed by atoms with Gasteiger partial charge in [-0.3, -0.25) is 0 Å². The quantitative estimate of drug-likeness (QED) is 0.763. The molecule has 0 spiro atoms. The van der Waals surface area contributed by atoms with E-state index in [4.69, 9.17) is 9.97 Å². The van der Waals surface area contributed by atoms with E-state index in [1.165, 1.54) is 17.7 Å². The topological polar surface area (TPSA) is 37.8 Å². The summed E-state index contributed by atoms with van der Waals surface area (Å²) in [5.41, 5.74) is 2.60. The van der Waals surface area contributed by atoms with E-state index < -0.39 is 0 Å². The van der Waals surface area contributed by atoms with E-state index in [1.54, 1.807) is 0 Å². The first-order valence-electron chi connectivity index (χ1n) is 6.85. The number of anilines is 1. The zero-order chi connectivity index (χ0) is 13.6. The van der Waals surface area contributed by atoms with Gasteiger partial charge in [-0.15, -0.1) is 0 Å². The van der Waals surface area contributed by atoms with Crippen LogP contribution in [0.3, 0.4) is 0 Å². The van der Waals surface area contributed by atoms with E-state index in [0.29, 0.717) is 0 Å². The van der Waals surface area contributed by atoms with Crippen LogP contribution in [-0.2, 0) is 17.3 Å². The summed E-state index contributed by atoms with van der Waals surface area (Å²) in [4.78, 5) is 9.61. The van der Waals surface area contributed by atoms with Gasteiger partial charge in [0.15, 0.2) is 0 Å². The van der Waals surface area contributed by atoms with Gasteiger partial charge in [-0.1, -0.05) is 41.5 Å². The zero-order valence-corrected chi connectivity index (χ0v) is 12.5. The highest BCUT2D eigenvalue weighted by Crippen LogP contribution is 2.33. The highest BCUT2D eigenvalue weighted by atomic mass is 15.1. The van der Waals surface area contributed by atoms with E-state index in [-0.39, 0.29) is 10.8 Å². The number of hydrogen-bond donors (Lipinski definition) is 1. The van der Waals surface area contributed by atoms with Gasteiger partial charge in [-0.25, -0.2) is 9.97 Å². The van der Waals surface area contributed by atoms with Crippen molar-refractivity contribution in [1.82, 2.24) is 9.97 Å². The second-order valence-electron chi connectivity index (χ2n) is 7.25. The minimum atomic E-state index is -0.00580. The molecule has 2 heterocycles. The standard InChI is InChI=1S/C15H25N3/c1-14(2,3)11-10-8-7-9-16-12(10)18-13(17-11)15(4,5)6/h7-9H2,1-6H3,(H,16,17,18). The van der Waals surface area contributed by atoms with E-state index in [0.717, 1.165) is 24.6 Å². The summed E-state index contributed by atoms with van der Waals surface area (Å²) in [6.07, 6.45) is 2.27. The van der Waals surface area contributed by atoms with Gasteiger partial charge in [0.1, 0.15) is 11.6 Å². The van der Waals surface area contributed by atoms with Gasteiger partial charge in [0.2, 0.25) is 0 Å². The Bertz CT molecular complexity index is 450. The van der Waals surface area contributed by atoms with E-state index in [1.807, 2.05) is 0 Å². The molecule has 1 aromatic rings. The lowest BCUT2D eigenvalue weighted by Crippen LogP contribution is -2.27. The van der Waals surface area contributed by atoms with Gasteiger partial charge in [0, 0.05) is 22.9 Å². The van der Waals surface area contributed by atoms with Crippen LogP contribution in [-0.4, -0.2) is 16.5 Å². The Morgan fingerprint density at radius 1 is 0.944 bits per heavy atom. The zero-order valence-electron chi connectivity index (χ0n) is 12.5. The summed E-state index contributed by atoms with van der Waals surface area (Å²) < 4.78 is 0. The van der Waals surface area contributed by atoms with E-state index in [9.17, 15) is 0 Å². The molecule has 0 aliphatic carbocycles. The van der Waals surface area contributed by atoms with Gasteiger partial charge in [-0.05, 0) is 12.8 Å². The molecule has 0 unspecified atom stereocenters. The van der Waals surface area contributed by atoms with Crippen LogP contribution in [0.4, 0.5) is 5.82 Å². The van der Waals surface area contributed by atoms with E-state index in [2.05, 4.69) is 46.9 Å². The van der Waals surface area contributed by atoms with Crippen LogP contribution >= 0.6 is 0 Å². The Labute approximate surface area is 110 Å². The molecule has 1 aliphatic heterocycles. The van der Waals surface area contributed by atoms with Crippen molar-refractivity contribution in [3.05, 3.63) is 17.1 Å². The van der Waals surface area contributed by atoms with Gasteiger partial charge in [-0.2, -0.15) is 0 Å². The average Bonchev–Trinajstić information content (AvgIpc) is 2.25. The highest BCUT2D eigenvalue weighted by Gasteiger charge is 2.28. The van der Waals surface area contributed by atoms with Gasteiger partial charge < -0.3 is 5.32 Å². The fraction of sp³-hybridized carbons (Fsp3) is 0.733. The molecule has 0 aromatic carbocycles.